The molecule has 2 nitrogen and oxygen atoms in total. The molecule has 2 aromatic carbocycles. The van der Waals surface area contributed by atoms with Crippen LogP contribution >= 0.6 is 0 Å². The summed E-state index contributed by atoms with van der Waals surface area (Å²) < 4.78 is 0. The molecule has 2 aromatic rings. The molecular formula is C29H45NO. The molecule has 0 amide bonds. The summed E-state index contributed by atoms with van der Waals surface area (Å²) in [4.78, 5) is 0. The van der Waals surface area contributed by atoms with Crippen LogP contribution in [0.3, 0.4) is 0 Å². The van der Waals surface area contributed by atoms with Crippen molar-refractivity contribution >= 4 is 11.4 Å². The molecule has 0 saturated heterocycles. The SMILES string of the molecule is CCCCCCCCC(O)(CCCCCCCC)c1ccccc1Nc1ccccc1. The highest BCUT2D eigenvalue weighted by Crippen LogP contribution is 2.38. The third-order valence-corrected chi connectivity index (χ3v) is 6.37. The molecule has 0 aliphatic carbocycles. The molecule has 0 radical (unpaired) electrons. The first-order chi connectivity index (χ1) is 15.2. The average molecular weight is 424 g/mol. The molecule has 0 saturated carbocycles. The summed E-state index contributed by atoms with van der Waals surface area (Å²) in [6.45, 7) is 4.52. The van der Waals surface area contributed by atoms with Crippen LogP contribution in [-0.2, 0) is 5.60 Å². The summed E-state index contributed by atoms with van der Waals surface area (Å²) in [6.07, 6.45) is 16.7. The number of nitrogens with one attached hydrogen (secondary N) is 1. The van der Waals surface area contributed by atoms with Gasteiger partial charge < -0.3 is 10.4 Å². The molecule has 0 aromatic heterocycles. The second-order valence-electron chi connectivity index (χ2n) is 9.10. The van der Waals surface area contributed by atoms with Gasteiger partial charge >= 0.3 is 0 Å². The summed E-state index contributed by atoms with van der Waals surface area (Å²) in [6, 6.07) is 18.6. The molecule has 2 N–H and O–H groups in total. The zero-order valence-corrected chi connectivity index (χ0v) is 20.0. The molecule has 0 spiro atoms. The Kier molecular flexibility index (Phi) is 12.4. The van der Waals surface area contributed by atoms with Gasteiger partial charge in [0.15, 0.2) is 0 Å². The first-order valence-electron chi connectivity index (χ1n) is 12.8. The molecule has 0 aliphatic rings. The maximum atomic E-state index is 11.9. The van der Waals surface area contributed by atoms with Gasteiger partial charge in [0.1, 0.15) is 0 Å². The van der Waals surface area contributed by atoms with E-state index in [2.05, 4.69) is 55.6 Å². The van der Waals surface area contributed by atoms with Crippen LogP contribution in [0.2, 0.25) is 0 Å². The van der Waals surface area contributed by atoms with E-state index in [1.807, 2.05) is 18.2 Å². The zero-order chi connectivity index (χ0) is 22.2. The summed E-state index contributed by atoms with van der Waals surface area (Å²) in [7, 11) is 0. The maximum absolute atomic E-state index is 11.9. The van der Waals surface area contributed by atoms with Gasteiger partial charge in [-0.15, -0.1) is 0 Å². The van der Waals surface area contributed by atoms with Gasteiger partial charge in [0.2, 0.25) is 0 Å². The molecule has 0 aliphatic heterocycles. The Labute approximate surface area is 191 Å². The van der Waals surface area contributed by atoms with Crippen molar-refractivity contribution in [2.45, 2.75) is 109 Å². The van der Waals surface area contributed by atoms with Gasteiger partial charge in [0.25, 0.3) is 0 Å². The summed E-state index contributed by atoms with van der Waals surface area (Å²) in [5, 5.41) is 15.5. The van der Waals surface area contributed by atoms with Gasteiger partial charge in [-0.3, -0.25) is 0 Å². The van der Waals surface area contributed by atoms with Gasteiger partial charge in [-0.25, -0.2) is 0 Å². The highest BCUT2D eigenvalue weighted by molar-refractivity contribution is 5.64. The highest BCUT2D eigenvalue weighted by atomic mass is 16.3. The van der Waals surface area contributed by atoms with E-state index in [0.29, 0.717) is 0 Å². The lowest BCUT2D eigenvalue weighted by Gasteiger charge is -2.31. The van der Waals surface area contributed by atoms with Crippen LogP contribution in [0, 0.1) is 0 Å². The maximum Gasteiger partial charge on any atom is 0.0916 e. The van der Waals surface area contributed by atoms with E-state index in [-0.39, 0.29) is 0 Å². The lowest BCUT2D eigenvalue weighted by Crippen LogP contribution is -2.27. The standard InChI is InChI=1S/C29H45NO/c1-3-5-7-9-11-18-24-29(31,25-19-12-10-8-6-4-2)27-22-16-17-23-28(27)30-26-20-14-13-15-21-26/h13-17,20-23,30-31H,3-12,18-19,24-25H2,1-2H3. The molecule has 0 heterocycles. The number of aliphatic hydroxyl groups is 1. The Hall–Kier alpha value is -1.80. The first kappa shape index (κ1) is 25.5. The Morgan fingerprint density at radius 3 is 1.68 bits per heavy atom. The van der Waals surface area contributed by atoms with Crippen LogP contribution in [0.1, 0.15) is 109 Å². The van der Waals surface area contributed by atoms with Crippen molar-refractivity contribution in [3.63, 3.8) is 0 Å². The normalized spacial score (nSPS) is 11.6. The summed E-state index contributed by atoms with van der Waals surface area (Å²) in [5.41, 5.74) is 2.40. The monoisotopic (exact) mass is 423 g/mol. The van der Waals surface area contributed by atoms with Gasteiger partial charge in [0, 0.05) is 16.9 Å². The van der Waals surface area contributed by atoms with Gasteiger partial charge in [-0.1, -0.05) is 127 Å². The average Bonchev–Trinajstić information content (AvgIpc) is 2.79. The minimum atomic E-state index is -0.756. The van der Waals surface area contributed by atoms with Crippen LogP contribution in [0.5, 0.6) is 0 Å². The minimum absolute atomic E-state index is 0.756. The zero-order valence-electron chi connectivity index (χ0n) is 20.0. The van der Waals surface area contributed by atoms with Crippen molar-refractivity contribution in [3.8, 4) is 0 Å². The Morgan fingerprint density at radius 2 is 1.10 bits per heavy atom. The van der Waals surface area contributed by atoms with Crippen LogP contribution in [0.4, 0.5) is 11.4 Å². The number of rotatable bonds is 17. The van der Waals surface area contributed by atoms with Crippen LogP contribution < -0.4 is 5.32 Å². The molecule has 0 atom stereocenters. The van der Waals surface area contributed by atoms with E-state index in [0.717, 1.165) is 42.6 Å². The van der Waals surface area contributed by atoms with Gasteiger partial charge in [-0.05, 0) is 31.0 Å². The molecular weight excluding hydrogens is 378 g/mol. The lowest BCUT2D eigenvalue weighted by molar-refractivity contribution is 0.0139. The van der Waals surface area contributed by atoms with Gasteiger partial charge in [0.05, 0.1) is 5.60 Å². The van der Waals surface area contributed by atoms with E-state index in [1.54, 1.807) is 0 Å². The van der Waals surface area contributed by atoms with Crippen LogP contribution in [0.15, 0.2) is 54.6 Å². The minimum Gasteiger partial charge on any atom is -0.385 e. The second-order valence-corrected chi connectivity index (χ2v) is 9.10. The Bertz CT molecular complexity index is 681. The predicted octanol–water partition coefficient (Wildman–Crippen LogP) is 9.12. The third-order valence-electron chi connectivity index (χ3n) is 6.37. The number of hydrogen-bond acceptors (Lipinski definition) is 2. The van der Waals surface area contributed by atoms with Gasteiger partial charge in [-0.2, -0.15) is 0 Å². The molecule has 0 fully saturated rings. The molecule has 0 bridgehead atoms. The molecule has 172 valence electrons. The fraction of sp³-hybridized carbons (Fsp3) is 0.586. The smallest absolute Gasteiger partial charge is 0.0916 e. The van der Waals surface area contributed by atoms with Crippen molar-refractivity contribution in [1.29, 1.82) is 0 Å². The number of unbranched alkanes of at least 4 members (excludes halogenated alkanes) is 10. The fourth-order valence-electron chi connectivity index (χ4n) is 4.46. The van der Waals surface area contributed by atoms with E-state index in [4.69, 9.17) is 0 Å². The van der Waals surface area contributed by atoms with Crippen molar-refractivity contribution in [2.24, 2.45) is 0 Å². The first-order valence-corrected chi connectivity index (χ1v) is 12.8. The molecule has 31 heavy (non-hydrogen) atoms. The van der Waals surface area contributed by atoms with E-state index in [9.17, 15) is 5.11 Å². The van der Waals surface area contributed by atoms with Crippen molar-refractivity contribution in [1.82, 2.24) is 0 Å². The summed E-state index contributed by atoms with van der Waals surface area (Å²) >= 11 is 0. The van der Waals surface area contributed by atoms with E-state index < -0.39 is 5.60 Å². The van der Waals surface area contributed by atoms with Crippen LogP contribution in [0.25, 0.3) is 0 Å². The second kappa shape index (κ2) is 15.1. The van der Waals surface area contributed by atoms with Crippen molar-refractivity contribution in [3.05, 3.63) is 60.2 Å². The van der Waals surface area contributed by atoms with E-state index in [1.165, 1.54) is 64.2 Å². The number of anilines is 2. The molecule has 2 rings (SSSR count). The highest BCUT2D eigenvalue weighted by Gasteiger charge is 2.30. The number of para-hydroxylation sites is 2. The van der Waals surface area contributed by atoms with Crippen molar-refractivity contribution in [2.75, 3.05) is 5.32 Å². The lowest BCUT2D eigenvalue weighted by atomic mass is 9.82. The Balaban J connectivity index is 2.07. The van der Waals surface area contributed by atoms with Crippen molar-refractivity contribution < 1.29 is 5.11 Å². The predicted molar refractivity (Wildman–Crippen MR) is 136 cm³/mol. The quantitative estimate of drug-likeness (QED) is 0.249. The molecule has 2 heteroatoms. The summed E-state index contributed by atoms with van der Waals surface area (Å²) in [5.74, 6) is 0. The van der Waals surface area contributed by atoms with E-state index >= 15 is 0 Å². The number of benzene rings is 2. The fourth-order valence-corrected chi connectivity index (χ4v) is 4.46. The van der Waals surface area contributed by atoms with Crippen LogP contribution in [-0.4, -0.2) is 5.11 Å². The third kappa shape index (κ3) is 9.47. The topological polar surface area (TPSA) is 32.3 Å². The Morgan fingerprint density at radius 1 is 0.613 bits per heavy atom. The largest absolute Gasteiger partial charge is 0.385 e. The molecule has 0 unspecified atom stereocenters. The number of hydrogen-bond donors (Lipinski definition) is 2.